The molecule has 0 radical (unpaired) electrons. The minimum absolute atomic E-state index is 0.173. The predicted molar refractivity (Wildman–Crippen MR) is 92.1 cm³/mol. The molecule has 6 nitrogen and oxygen atoms in total. The van der Waals surface area contributed by atoms with Crippen LogP contribution in [-0.2, 0) is 4.79 Å². The SMILES string of the molecule is COc1cccc2c1NC(=O)C(N1CN1)N=C2c1cccc(C)c1. The lowest BCUT2D eigenvalue weighted by atomic mass is 9.99. The second kappa shape index (κ2) is 5.74. The average molecular weight is 322 g/mol. The molecule has 0 aliphatic carbocycles. The van der Waals surface area contributed by atoms with Crippen LogP contribution in [0.15, 0.2) is 47.5 Å². The van der Waals surface area contributed by atoms with Crippen LogP contribution in [0.3, 0.4) is 0 Å². The van der Waals surface area contributed by atoms with Crippen molar-refractivity contribution in [3.05, 3.63) is 59.2 Å². The first-order valence-electron chi connectivity index (χ1n) is 7.80. The van der Waals surface area contributed by atoms with Gasteiger partial charge in [-0.1, -0.05) is 35.9 Å². The number of nitrogens with one attached hydrogen (secondary N) is 2. The Bertz CT molecular complexity index is 843. The number of methoxy groups -OCH3 is 1. The maximum absolute atomic E-state index is 12.6. The average Bonchev–Trinajstić information content (AvgIpc) is 3.41. The van der Waals surface area contributed by atoms with Gasteiger partial charge in [0.2, 0.25) is 0 Å². The van der Waals surface area contributed by atoms with Gasteiger partial charge in [0.15, 0.2) is 6.17 Å². The number of carbonyl (C=O) groups is 1. The number of hydrazine groups is 1. The van der Waals surface area contributed by atoms with E-state index in [0.717, 1.165) is 22.4 Å². The third-order valence-electron chi connectivity index (χ3n) is 4.16. The highest BCUT2D eigenvalue weighted by atomic mass is 16.5. The maximum Gasteiger partial charge on any atom is 0.265 e. The van der Waals surface area contributed by atoms with Gasteiger partial charge in [0.25, 0.3) is 5.91 Å². The fourth-order valence-corrected chi connectivity index (χ4v) is 2.91. The number of nitrogens with zero attached hydrogens (tertiary/aromatic N) is 2. The molecule has 1 saturated heterocycles. The molecule has 0 bridgehead atoms. The van der Waals surface area contributed by atoms with Crippen LogP contribution in [0.25, 0.3) is 0 Å². The lowest BCUT2D eigenvalue weighted by Crippen LogP contribution is -2.33. The van der Waals surface area contributed by atoms with Crippen LogP contribution in [-0.4, -0.2) is 36.6 Å². The number of benzodiazepines with no additional fused rings is 1. The summed E-state index contributed by atoms with van der Waals surface area (Å²) in [7, 11) is 1.60. The number of benzene rings is 2. The Balaban J connectivity index is 1.93. The smallest absolute Gasteiger partial charge is 0.265 e. The maximum atomic E-state index is 12.6. The number of ether oxygens (including phenoxy) is 1. The Morgan fingerprint density at radius 2 is 2.04 bits per heavy atom. The molecule has 0 spiro atoms. The van der Waals surface area contributed by atoms with Crippen LogP contribution in [0.1, 0.15) is 16.7 Å². The molecule has 2 unspecified atom stereocenters. The summed E-state index contributed by atoms with van der Waals surface area (Å²) >= 11 is 0. The van der Waals surface area contributed by atoms with Gasteiger partial charge in [0, 0.05) is 11.1 Å². The summed E-state index contributed by atoms with van der Waals surface area (Å²) in [6.45, 7) is 2.69. The van der Waals surface area contributed by atoms with E-state index in [-0.39, 0.29) is 5.91 Å². The van der Waals surface area contributed by atoms with E-state index in [2.05, 4.69) is 16.8 Å². The summed E-state index contributed by atoms with van der Waals surface area (Å²) < 4.78 is 5.44. The number of aryl methyl sites for hydroxylation is 1. The highest BCUT2D eigenvalue weighted by Crippen LogP contribution is 2.33. The summed E-state index contributed by atoms with van der Waals surface area (Å²) in [5.74, 6) is 0.453. The number of amides is 1. The zero-order valence-corrected chi connectivity index (χ0v) is 13.5. The van der Waals surface area contributed by atoms with Crippen molar-refractivity contribution in [1.82, 2.24) is 10.4 Å². The van der Waals surface area contributed by atoms with E-state index in [1.807, 2.05) is 43.3 Å². The van der Waals surface area contributed by atoms with E-state index in [1.54, 1.807) is 12.1 Å². The number of hydrogen-bond donors (Lipinski definition) is 2. The highest BCUT2D eigenvalue weighted by molar-refractivity contribution is 6.20. The van der Waals surface area contributed by atoms with Crippen molar-refractivity contribution in [3.8, 4) is 5.75 Å². The van der Waals surface area contributed by atoms with Crippen molar-refractivity contribution in [2.75, 3.05) is 19.1 Å². The molecular weight excluding hydrogens is 304 g/mol. The Morgan fingerprint density at radius 3 is 2.75 bits per heavy atom. The van der Waals surface area contributed by atoms with E-state index in [4.69, 9.17) is 9.73 Å². The topological polar surface area (TPSA) is 75.6 Å². The first-order valence-corrected chi connectivity index (χ1v) is 7.80. The minimum atomic E-state index is -0.599. The molecule has 2 heterocycles. The van der Waals surface area contributed by atoms with Gasteiger partial charge in [0.1, 0.15) is 5.75 Å². The molecule has 2 aliphatic heterocycles. The van der Waals surface area contributed by atoms with Crippen molar-refractivity contribution < 1.29 is 9.53 Å². The first-order chi connectivity index (χ1) is 11.7. The van der Waals surface area contributed by atoms with E-state index < -0.39 is 6.17 Å². The largest absolute Gasteiger partial charge is 0.495 e. The monoisotopic (exact) mass is 322 g/mol. The number of aliphatic imine (C=N–C) groups is 1. The molecule has 122 valence electrons. The molecule has 0 saturated carbocycles. The molecule has 2 aliphatic rings. The Kier molecular flexibility index (Phi) is 3.55. The zero-order valence-electron chi connectivity index (χ0n) is 13.5. The molecule has 2 aromatic rings. The number of hydrogen-bond acceptors (Lipinski definition) is 5. The van der Waals surface area contributed by atoms with Gasteiger partial charge in [-0.15, -0.1) is 0 Å². The first kappa shape index (κ1) is 14.9. The Morgan fingerprint density at radius 1 is 1.25 bits per heavy atom. The summed E-state index contributed by atoms with van der Waals surface area (Å²) in [6, 6.07) is 13.8. The molecule has 6 heteroatoms. The number of rotatable bonds is 3. The molecule has 2 aromatic carbocycles. The molecule has 1 amide bonds. The summed E-state index contributed by atoms with van der Waals surface area (Å²) in [4.78, 5) is 17.4. The number of anilines is 1. The van der Waals surface area contributed by atoms with Gasteiger partial charge in [-0.25, -0.2) is 5.43 Å². The third-order valence-corrected chi connectivity index (χ3v) is 4.16. The van der Waals surface area contributed by atoms with Crippen molar-refractivity contribution in [2.24, 2.45) is 4.99 Å². The Labute approximate surface area is 140 Å². The van der Waals surface area contributed by atoms with Gasteiger partial charge in [0.05, 0.1) is 25.2 Å². The van der Waals surface area contributed by atoms with Crippen LogP contribution in [0.4, 0.5) is 5.69 Å². The third kappa shape index (κ3) is 2.55. The highest BCUT2D eigenvalue weighted by Gasteiger charge is 2.36. The molecule has 1 fully saturated rings. The van der Waals surface area contributed by atoms with Crippen molar-refractivity contribution in [2.45, 2.75) is 13.1 Å². The minimum Gasteiger partial charge on any atom is -0.495 e. The fraction of sp³-hybridized carbons (Fsp3) is 0.222. The van der Waals surface area contributed by atoms with Gasteiger partial charge >= 0.3 is 0 Å². The van der Waals surface area contributed by atoms with E-state index in [1.165, 1.54) is 0 Å². The Hall–Kier alpha value is -2.70. The van der Waals surface area contributed by atoms with Crippen LogP contribution in [0.2, 0.25) is 0 Å². The van der Waals surface area contributed by atoms with Gasteiger partial charge in [-0.2, -0.15) is 5.01 Å². The zero-order chi connectivity index (χ0) is 16.7. The normalized spacial score (nSPS) is 22.1. The standard InChI is InChI=1S/C18H18N4O2/c1-11-5-3-6-12(9-11)15-13-7-4-8-14(24-2)16(13)21-18(23)17(20-15)22-10-19-22/h3-9,17,19H,10H2,1-2H3,(H,21,23). The van der Waals surface area contributed by atoms with Gasteiger partial charge < -0.3 is 10.1 Å². The quantitative estimate of drug-likeness (QED) is 0.846. The summed E-state index contributed by atoms with van der Waals surface area (Å²) in [5.41, 5.74) is 7.46. The molecular formula is C18H18N4O2. The van der Waals surface area contributed by atoms with Gasteiger partial charge in [-0.3, -0.25) is 9.79 Å². The second-order valence-corrected chi connectivity index (χ2v) is 5.88. The van der Waals surface area contributed by atoms with Gasteiger partial charge in [-0.05, 0) is 19.1 Å². The number of para-hydroxylation sites is 1. The van der Waals surface area contributed by atoms with Crippen LogP contribution in [0.5, 0.6) is 5.75 Å². The lowest BCUT2D eigenvalue weighted by Gasteiger charge is -2.13. The lowest BCUT2D eigenvalue weighted by molar-refractivity contribution is -0.119. The molecule has 24 heavy (non-hydrogen) atoms. The van der Waals surface area contributed by atoms with E-state index in [0.29, 0.717) is 18.1 Å². The summed E-state index contributed by atoms with van der Waals surface area (Å²) in [6.07, 6.45) is -0.599. The van der Waals surface area contributed by atoms with Crippen LogP contribution >= 0.6 is 0 Å². The fourth-order valence-electron chi connectivity index (χ4n) is 2.91. The molecule has 2 atom stereocenters. The van der Waals surface area contributed by atoms with Crippen LogP contribution < -0.4 is 15.5 Å². The van der Waals surface area contributed by atoms with E-state index >= 15 is 0 Å². The number of fused-ring (bicyclic) bond motifs is 1. The van der Waals surface area contributed by atoms with Crippen molar-refractivity contribution >= 4 is 17.3 Å². The number of carbonyl (C=O) groups excluding carboxylic acids is 1. The predicted octanol–water partition coefficient (Wildman–Crippen LogP) is 1.90. The molecule has 4 rings (SSSR count). The van der Waals surface area contributed by atoms with Crippen molar-refractivity contribution in [1.29, 1.82) is 0 Å². The molecule has 2 N–H and O–H groups in total. The van der Waals surface area contributed by atoms with E-state index in [9.17, 15) is 4.79 Å². The summed E-state index contributed by atoms with van der Waals surface area (Å²) in [5, 5.41) is 4.76. The van der Waals surface area contributed by atoms with Crippen molar-refractivity contribution in [3.63, 3.8) is 0 Å². The van der Waals surface area contributed by atoms with Crippen LogP contribution in [0, 0.1) is 6.92 Å². The molecule has 0 aromatic heterocycles. The second-order valence-electron chi connectivity index (χ2n) is 5.88.